The molecule has 0 spiro atoms. The van der Waals surface area contributed by atoms with Gasteiger partial charge in [0.1, 0.15) is 5.82 Å². The number of hydrogen-bond acceptors (Lipinski definition) is 4. The molecular formula is C13H10FN3O3. The van der Waals surface area contributed by atoms with E-state index in [1.165, 1.54) is 30.3 Å². The van der Waals surface area contributed by atoms with Crippen molar-refractivity contribution in [3.8, 4) is 0 Å². The van der Waals surface area contributed by atoms with Crippen LogP contribution >= 0.6 is 0 Å². The van der Waals surface area contributed by atoms with E-state index in [0.717, 1.165) is 6.07 Å². The van der Waals surface area contributed by atoms with Crippen LogP contribution in [-0.2, 0) is 0 Å². The van der Waals surface area contributed by atoms with Crippen LogP contribution in [0.15, 0.2) is 36.4 Å². The summed E-state index contributed by atoms with van der Waals surface area (Å²) in [6.45, 7) is 1.58. The molecule has 0 saturated carbocycles. The van der Waals surface area contributed by atoms with Gasteiger partial charge in [0.2, 0.25) is 5.95 Å². The van der Waals surface area contributed by atoms with Gasteiger partial charge >= 0.3 is 0 Å². The van der Waals surface area contributed by atoms with Gasteiger partial charge in [-0.2, -0.15) is 4.39 Å². The third-order valence-corrected chi connectivity index (χ3v) is 2.62. The normalized spacial score (nSPS) is 10.1. The summed E-state index contributed by atoms with van der Waals surface area (Å²) in [7, 11) is 0. The summed E-state index contributed by atoms with van der Waals surface area (Å²) in [5.74, 6) is -1.28. The molecule has 0 unspecified atom stereocenters. The number of nitrogens with one attached hydrogen (secondary N) is 1. The Bertz CT molecular complexity index is 688. The molecule has 0 atom stereocenters. The molecule has 0 aliphatic heterocycles. The van der Waals surface area contributed by atoms with Gasteiger partial charge in [0.15, 0.2) is 0 Å². The molecule has 0 saturated heterocycles. The lowest BCUT2D eigenvalue weighted by molar-refractivity contribution is -0.385. The van der Waals surface area contributed by atoms with Crippen LogP contribution in [0.25, 0.3) is 0 Å². The van der Waals surface area contributed by atoms with Crippen molar-refractivity contribution in [3.63, 3.8) is 0 Å². The summed E-state index contributed by atoms with van der Waals surface area (Å²) in [6.07, 6.45) is 0. The predicted octanol–water partition coefficient (Wildman–Crippen LogP) is 2.69. The molecule has 1 N–H and O–H groups in total. The van der Waals surface area contributed by atoms with Gasteiger partial charge in [-0.05, 0) is 25.1 Å². The average Bonchev–Trinajstić information content (AvgIpc) is 2.38. The molecule has 1 amide bonds. The highest BCUT2D eigenvalue weighted by molar-refractivity contribution is 6.04. The van der Waals surface area contributed by atoms with E-state index in [-0.39, 0.29) is 17.1 Å². The first-order valence-corrected chi connectivity index (χ1v) is 5.66. The number of anilines is 1. The first-order chi connectivity index (χ1) is 9.47. The standard InChI is InChI=1S/C13H10FN3O3/c1-8-5-6-9(7-10(8)17(19)20)13(18)16-12-4-2-3-11(14)15-12/h2-7H,1H3,(H,15,16,18). The number of carbonyl (C=O) groups excluding carboxylic acids is 1. The van der Waals surface area contributed by atoms with Crippen LogP contribution < -0.4 is 5.32 Å². The van der Waals surface area contributed by atoms with Crippen molar-refractivity contribution in [1.29, 1.82) is 0 Å². The smallest absolute Gasteiger partial charge is 0.273 e. The first kappa shape index (κ1) is 13.6. The van der Waals surface area contributed by atoms with Crippen LogP contribution in [0.3, 0.4) is 0 Å². The minimum atomic E-state index is -0.724. The number of aromatic nitrogens is 1. The summed E-state index contributed by atoms with van der Waals surface area (Å²) < 4.78 is 12.9. The van der Waals surface area contributed by atoms with Gasteiger partial charge < -0.3 is 5.32 Å². The summed E-state index contributed by atoms with van der Waals surface area (Å²) in [5, 5.41) is 13.2. The highest BCUT2D eigenvalue weighted by atomic mass is 19.1. The number of hydrogen-bond donors (Lipinski definition) is 1. The molecule has 0 fully saturated rings. The Balaban J connectivity index is 2.26. The molecule has 0 bridgehead atoms. The quantitative estimate of drug-likeness (QED) is 0.530. The van der Waals surface area contributed by atoms with Crippen LogP contribution in [0.1, 0.15) is 15.9 Å². The Labute approximate surface area is 113 Å². The Morgan fingerprint density at radius 3 is 2.75 bits per heavy atom. The molecule has 7 heteroatoms. The fourth-order valence-electron chi connectivity index (χ4n) is 1.61. The van der Waals surface area contributed by atoms with E-state index < -0.39 is 16.8 Å². The molecule has 1 aromatic carbocycles. The molecule has 0 aliphatic rings. The van der Waals surface area contributed by atoms with Crippen molar-refractivity contribution in [1.82, 2.24) is 4.98 Å². The van der Waals surface area contributed by atoms with E-state index in [1.807, 2.05) is 0 Å². The van der Waals surface area contributed by atoms with Crippen molar-refractivity contribution >= 4 is 17.4 Å². The number of benzene rings is 1. The largest absolute Gasteiger partial charge is 0.306 e. The second kappa shape index (κ2) is 5.43. The molecule has 2 aromatic rings. The molecule has 1 aromatic heterocycles. The summed E-state index contributed by atoms with van der Waals surface area (Å²) in [6, 6.07) is 8.07. The van der Waals surface area contributed by atoms with Crippen LogP contribution in [-0.4, -0.2) is 15.8 Å². The molecule has 20 heavy (non-hydrogen) atoms. The van der Waals surface area contributed by atoms with Gasteiger partial charge in [-0.1, -0.05) is 12.1 Å². The molecule has 102 valence electrons. The summed E-state index contributed by atoms with van der Waals surface area (Å²) >= 11 is 0. The van der Waals surface area contributed by atoms with Crippen molar-refractivity contribution < 1.29 is 14.1 Å². The maximum Gasteiger partial charge on any atom is 0.273 e. The summed E-state index contributed by atoms with van der Waals surface area (Å²) in [5.41, 5.74) is 0.411. The minimum Gasteiger partial charge on any atom is -0.306 e. The van der Waals surface area contributed by atoms with Gasteiger partial charge in [-0.25, -0.2) is 4.98 Å². The number of rotatable bonds is 3. The number of nitro benzene ring substituents is 1. The third-order valence-electron chi connectivity index (χ3n) is 2.62. The van der Waals surface area contributed by atoms with Crippen LogP contribution in [0.4, 0.5) is 15.9 Å². The molecule has 6 nitrogen and oxygen atoms in total. The number of aryl methyl sites for hydroxylation is 1. The highest BCUT2D eigenvalue weighted by Gasteiger charge is 2.15. The van der Waals surface area contributed by atoms with Gasteiger partial charge in [-0.15, -0.1) is 0 Å². The van der Waals surface area contributed by atoms with E-state index in [1.54, 1.807) is 6.92 Å². The molecule has 1 heterocycles. The molecule has 2 rings (SSSR count). The number of nitrogens with zero attached hydrogens (tertiary/aromatic N) is 2. The van der Waals surface area contributed by atoms with Gasteiger partial charge in [0.05, 0.1) is 4.92 Å². The Morgan fingerprint density at radius 2 is 2.10 bits per heavy atom. The third kappa shape index (κ3) is 2.94. The predicted molar refractivity (Wildman–Crippen MR) is 70.0 cm³/mol. The maximum atomic E-state index is 12.9. The van der Waals surface area contributed by atoms with Crippen LogP contribution in [0, 0.1) is 23.0 Å². The number of amides is 1. The second-order valence-corrected chi connectivity index (χ2v) is 4.06. The zero-order valence-corrected chi connectivity index (χ0v) is 10.5. The van der Waals surface area contributed by atoms with Crippen molar-refractivity contribution in [2.45, 2.75) is 6.92 Å². The van der Waals surface area contributed by atoms with Crippen molar-refractivity contribution in [2.75, 3.05) is 5.32 Å². The Morgan fingerprint density at radius 1 is 1.35 bits per heavy atom. The fraction of sp³-hybridized carbons (Fsp3) is 0.0769. The number of nitro groups is 1. The Hall–Kier alpha value is -2.83. The average molecular weight is 275 g/mol. The minimum absolute atomic E-state index is 0.0400. The monoisotopic (exact) mass is 275 g/mol. The second-order valence-electron chi connectivity index (χ2n) is 4.06. The number of halogens is 1. The lowest BCUT2D eigenvalue weighted by atomic mass is 10.1. The topological polar surface area (TPSA) is 85.1 Å². The van der Waals surface area contributed by atoms with Gasteiger partial charge in [0, 0.05) is 17.2 Å². The zero-order chi connectivity index (χ0) is 14.7. The van der Waals surface area contributed by atoms with Crippen LogP contribution in [0.5, 0.6) is 0 Å². The SMILES string of the molecule is Cc1ccc(C(=O)Nc2cccc(F)n2)cc1[N+](=O)[O-]. The van der Waals surface area contributed by atoms with Gasteiger partial charge in [-0.3, -0.25) is 14.9 Å². The first-order valence-electron chi connectivity index (χ1n) is 5.66. The fourth-order valence-corrected chi connectivity index (χ4v) is 1.61. The highest BCUT2D eigenvalue weighted by Crippen LogP contribution is 2.19. The van der Waals surface area contributed by atoms with Crippen molar-refractivity contribution in [2.24, 2.45) is 0 Å². The zero-order valence-electron chi connectivity index (χ0n) is 10.5. The summed E-state index contributed by atoms with van der Waals surface area (Å²) in [4.78, 5) is 25.6. The number of carbonyl (C=O) groups is 1. The van der Waals surface area contributed by atoms with Crippen molar-refractivity contribution in [3.05, 3.63) is 63.6 Å². The Kier molecular flexibility index (Phi) is 3.69. The lowest BCUT2D eigenvalue weighted by Gasteiger charge is -2.05. The van der Waals surface area contributed by atoms with E-state index in [0.29, 0.717) is 5.56 Å². The number of pyridine rings is 1. The van der Waals surface area contributed by atoms with E-state index in [4.69, 9.17) is 0 Å². The molecule has 0 aliphatic carbocycles. The van der Waals surface area contributed by atoms with Crippen LogP contribution in [0.2, 0.25) is 0 Å². The molecular weight excluding hydrogens is 265 g/mol. The van der Waals surface area contributed by atoms with E-state index >= 15 is 0 Å². The lowest BCUT2D eigenvalue weighted by Crippen LogP contribution is -2.13. The molecule has 0 radical (unpaired) electrons. The maximum absolute atomic E-state index is 12.9. The van der Waals surface area contributed by atoms with Gasteiger partial charge in [0.25, 0.3) is 11.6 Å². The van der Waals surface area contributed by atoms with E-state index in [2.05, 4.69) is 10.3 Å². The van der Waals surface area contributed by atoms with E-state index in [9.17, 15) is 19.3 Å².